The number of hydroxylamine groups is 2. The van der Waals surface area contributed by atoms with Crippen LogP contribution in [0.5, 0.6) is 11.5 Å². The Bertz CT molecular complexity index is 3620. The van der Waals surface area contributed by atoms with E-state index < -0.39 is 131 Å². The fourth-order valence-corrected chi connectivity index (χ4v) is 11.5. The first-order valence-electron chi connectivity index (χ1n) is 36.0. The van der Waals surface area contributed by atoms with E-state index in [2.05, 4.69) is 30.6 Å². The number of hydrogen-bond donors (Lipinski definition) is 12. The second-order valence-electron chi connectivity index (χ2n) is 26.1. The molecule has 4 aromatic carbocycles. The third-order valence-corrected chi connectivity index (χ3v) is 17.3. The monoisotopic (exact) mass is 1530 g/mol. The topological polar surface area (TPSA) is 495 Å². The van der Waals surface area contributed by atoms with Crippen LogP contribution in [0, 0.1) is 34.3 Å². The molecule has 0 radical (unpaired) electrons. The number of methoxy groups -OCH3 is 2. The SMILES string of the molecule is COCCOCCCC(=O)[C@@H](CCC(=O)NO)NC(=O)[C@H](CCC(=O)NO)CC(=O)[C@@H](Cc1ccccc1)NC(=O)[C@@H](CC(C)=O)Cc1ccc(O)cc1.COCCOCCCC(=O)[C@@H](CCC(=O)OB=N)NC(=O)[C@H](CCC(=O)OB=N)CC(=O)[C@@H](Cc1ccccc1)NC(=O)[C@@H](CC(C)=O)Cc1ccc(O)cc1. The second kappa shape index (κ2) is 54.4. The Morgan fingerprint density at radius 2 is 0.700 bits per heavy atom. The van der Waals surface area contributed by atoms with E-state index in [9.17, 15) is 77.3 Å². The van der Waals surface area contributed by atoms with Gasteiger partial charge in [0.25, 0.3) is 0 Å². The van der Waals surface area contributed by atoms with E-state index in [0.29, 0.717) is 76.1 Å². The summed E-state index contributed by atoms with van der Waals surface area (Å²) in [4.78, 5) is 182. The van der Waals surface area contributed by atoms with Crippen molar-refractivity contribution in [2.24, 2.45) is 23.7 Å². The Kier molecular flexibility index (Phi) is 46.4. The van der Waals surface area contributed by atoms with Gasteiger partial charge in [0, 0.05) is 64.8 Å². The zero-order valence-electron chi connectivity index (χ0n) is 62.5. The Morgan fingerprint density at radius 3 is 1.05 bits per heavy atom. The average Bonchev–Trinajstić information content (AvgIpc) is 0.854. The predicted octanol–water partition coefficient (Wildman–Crippen LogP) is 4.64. The van der Waals surface area contributed by atoms with E-state index in [1.165, 1.54) is 63.3 Å². The molecule has 110 heavy (non-hydrogen) atoms. The molecule has 6 amide bonds. The number of amides is 6. The average molecular weight is 1530 g/mol. The van der Waals surface area contributed by atoms with E-state index in [1.807, 2.05) is 0 Å². The maximum atomic E-state index is 14.2. The summed E-state index contributed by atoms with van der Waals surface area (Å²) < 4.78 is 29.8. The van der Waals surface area contributed by atoms with Crippen LogP contribution in [0.15, 0.2) is 109 Å². The predicted molar refractivity (Wildman–Crippen MR) is 395 cm³/mol. The van der Waals surface area contributed by atoms with Crippen molar-refractivity contribution in [3.63, 3.8) is 0 Å². The molecule has 4 rings (SSSR count). The number of rotatable bonds is 56. The number of carbonyl (C=O) groups is 14. The molecular weight excluding hydrogens is 1430 g/mol. The normalized spacial score (nSPS) is 12.9. The Morgan fingerprint density at radius 1 is 0.373 bits per heavy atom. The molecule has 32 nitrogen and oxygen atoms in total. The molecule has 0 aromatic heterocycles. The van der Waals surface area contributed by atoms with Crippen LogP contribution in [0.1, 0.15) is 139 Å². The molecule has 0 bridgehead atoms. The first-order valence-corrected chi connectivity index (χ1v) is 36.0. The van der Waals surface area contributed by atoms with Gasteiger partial charge in [0.1, 0.15) is 23.1 Å². The summed E-state index contributed by atoms with van der Waals surface area (Å²) in [6.45, 7) is 4.53. The van der Waals surface area contributed by atoms with E-state index in [4.69, 9.17) is 40.0 Å². The van der Waals surface area contributed by atoms with E-state index in [0.717, 1.165) is 0 Å². The van der Waals surface area contributed by atoms with Gasteiger partial charge in [-0.05, 0) is 86.9 Å². The van der Waals surface area contributed by atoms with E-state index in [1.54, 1.807) is 84.9 Å². The molecule has 8 atom stereocenters. The Hall–Kier alpha value is -10.3. The molecule has 12 N–H and O–H groups in total. The molecular formula is C76H102B2N8O24. The van der Waals surface area contributed by atoms with Crippen molar-refractivity contribution in [2.45, 2.75) is 166 Å². The first-order chi connectivity index (χ1) is 52.7. The van der Waals surface area contributed by atoms with Gasteiger partial charge >= 0.3 is 252 Å². The fourth-order valence-electron chi connectivity index (χ4n) is 11.5. The van der Waals surface area contributed by atoms with Crippen molar-refractivity contribution in [1.82, 2.24) is 32.2 Å². The molecule has 0 heterocycles. The van der Waals surface area contributed by atoms with E-state index >= 15 is 0 Å². The first kappa shape index (κ1) is 94.0. The molecule has 596 valence electrons. The van der Waals surface area contributed by atoms with Crippen LogP contribution in [-0.2, 0) is 121 Å². The molecule has 0 saturated carbocycles. The number of benzene rings is 4. The van der Waals surface area contributed by atoms with Gasteiger partial charge in [-0.2, -0.15) is 0 Å². The second-order valence-corrected chi connectivity index (χ2v) is 26.1. The van der Waals surface area contributed by atoms with Crippen molar-refractivity contribution < 1.29 is 116 Å². The summed E-state index contributed by atoms with van der Waals surface area (Å²) in [5.74, 6) is -12.6. The van der Waals surface area contributed by atoms with Crippen molar-refractivity contribution in [1.29, 1.82) is 10.6 Å². The van der Waals surface area contributed by atoms with Gasteiger partial charge in [-0.25, -0.2) is 11.0 Å². The van der Waals surface area contributed by atoms with Crippen LogP contribution < -0.4 is 32.2 Å². The van der Waals surface area contributed by atoms with Gasteiger partial charge in [-0.15, -0.1) is 0 Å². The van der Waals surface area contributed by atoms with Crippen molar-refractivity contribution in [3.05, 3.63) is 131 Å². The summed E-state index contributed by atoms with van der Waals surface area (Å²) in [6, 6.07) is 25.2. The number of aromatic hydroxyl groups is 2. The zero-order valence-corrected chi connectivity index (χ0v) is 62.5. The number of ether oxygens (including phenoxy) is 4. The Labute approximate surface area is 639 Å². The number of phenols is 2. The van der Waals surface area contributed by atoms with Crippen LogP contribution in [0.3, 0.4) is 0 Å². The molecule has 0 spiro atoms. The van der Waals surface area contributed by atoms with Crippen molar-refractivity contribution in [2.75, 3.05) is 53.9 Å². The third kappa shape index (κ3) is 39.7. The van der Waals surface area contributed by atoms with Gasteiger partial charge in [0.2, 0.25) is 23.6 Å². The minimum Gasteiger partial charge on any atom is -0.508 e. The van der Waals surface area contributed by atoms with Gasteiger partial charge in [0.05, 0.1) is 25.3 Å². The van der Waals surface area contributed by atoms with Gasteiger partial charge in [-0.1, -0.05) is 60.7 Å². The minimum atomic E-state index is -1.22. The molecule has 0 aliphatic carbocycles. The fraction of sp³-hybridized carbons (Fsp3) is 0.500. The summed E-state index contributed by atoms with van der Waals surface area (Å²) in [6.07, 6.45) is -2.48. The standard InChI is InChI=1S/C38H50B2N4O12.C38H52N4O12/c1-25(45)21-29(22-27-10-13-30(46)14-11-27)38(52)44-32(23-26-7-4-3-5-8-26)34(48)24-28(12-16-35(49)55-39-41)37(51)43-31(15-17-36(50)56-40-42)33(47)9-6-18-54-20-19-53-2;1-25(43)21-29(22-27-10-13-30(44)14-11-27)38(50)40-32(23-26-7-4-3-5-8-26)34(46)24-28(12-16-35(47)41-51)37(49)39-31(15-17-36(48)42-52)33(45)9-6-18-54-20-19-53-2/h3-5,7-8,10-11,13-14,28-29,31-32,41-42,46H,6,9,12,15-24H2,1-2H3,(H,43,51)(H,44,52);3-5,7-8,10-11,13-14,28-29,31-32,44,51-52H,6,9,12,15-24H2,1-2H3,(H,39,49)(H,40,50)(H,41,47)(H,42,48)/t2*28-,29+,31-,32-/m11/s1. The smallest absolute Gasteiger partial charge is 0.508 e. The van der Waals surface area contributed by atoms with Crippen LogP contribution >= 0.6 is 0 Å². The summed E-state index contributed by atoms with van der Waals surface area (Å²) >= 11 is 0. The summed E-state index contributed by atoms with van der Waals surface area (Å²) in [5, 5.41) is 62.3. The van der Waals surface area contributed by atoms with Crippen molar-refractivity contribution >= 4 is 96.6 Å². The van der Waals surface area contributed by atoms with Crippen molar-refractivity contribution in [3.8, 4) is 11.5 Å². The molecule has 0 fully saturated rings. The molecule has 0 saturated heterocycles. The number of carbonyl (C=O) groups excluding carboxylic acids is 14. The number of ketones is 6. The van der Waals surface area contributed by atoms with E-state index in [-0.39, 0.29) is 139 Å². The Balaban J connectivity index is 0.000000571. The van der Waals surface area contributed by atoms with Crippen LogP contribution in [0.4, 0.5) is 0 Å². The number of hydrogen-bond acceptors (Lipinski definition) is 26. The number of phenolic OH excluding ortho intramolecular Hbond substituents is 2. The quantitative estimate of drug-likeness (QED) is 0.0124. The molecule has 4 aromatic rings. The number of nitrogens with one attached hydrogen (secondary N) is 8. The molecule has 34 heteroatoms. The van der Waals surface area contributed by atoms with Gasteiger partial charge < -0.3 is 44.6 Å². The molecule has 0 aliphatic rings. The third-order valence-electron chi connectivity index (χ3n) is 17.3. The summed E-state index contributed by atoms with van der Waals surface area (Å²) in [5.41, 5.74) is 5.71. The van der Waals surface area contributed by atoms with Gasteiger partial charge in [0.15, 0.2) is 11.6 Å². The van der Waals surface area contributed by atoms with Crippen LogP contribution in [-0.4, -0.2) is 195 Å². The minimum absolute atomic E-state index is 0.0219. The maximum absolute atomic E-state index is 14.2. The zero-order chi connectivity index (χ0) is 81.2. The molecule has 0 unspecified atom stereocenters. The van der Waals surface area contributed by atoms with Crippen LogP contribution in [0.2, 0.25) is 0 Å². The summed E-state index contributed by atoms with van der Waals surface area (Å²) in [7, 11) is 3.93. The molecule has 0 aliphatic heterocycles. The van der Waals surface area contributed by atoms with Gasteiger partial charge in [-0.3, -0.25) is 39.2 Å². The number of Topliss-reactive ketones (excluding diaryl/α,β-unsaturated/α-hetero) is 6. The van der Waals surface area contributed by atoms with Crippen LogP contribution in [0.25, 0.3) is 0 Å².